The van der Waals surface area contributed by atoms with Gasteiger partial charge in [-0.3, -0.25) is 9.78 Å². The lowest BCUT2D eigenvalue weighted by Gasteiger charge is -2.10. The third-order valence-electron chi connectivity index (χ3n) is 1.41. The normalized spacial score (nSPS) is 9.58. The van der Waals surface area contributed by atoms with Crippen LogP contribution in [0.3, 0.4) is 0 Å². The van der Waals surface area contributed by atoms with Crippen LogP contribution in [0.15, 0.2) is 10.9 Å². The van der Waals surface area contributed by atoms with Crippen molar-refractivity contribution in [3.8, 4) is 0 Å². The second-order valence-corrected chi connectivity index (χ2v) is 2.60. The van der Waals surface area contributed by atoms with Crippen molar-refractivity contribution in [2.24, 2.45) is 0 Å². The fraction of sp³-hybridized carbons (Fsp3) is 0.429. The molecule has 0 amide bonds. The second-order valence-electron chi connectivity index (χ2n) is 2.60. The van der Waals surface area contributed by atoms with E-state index in [1.807, 2.05) is 14.1 Å². The minimum absolute atomic E-state index is 0.155. The van der Waals surface area contributed by atoms with Gasteiger partial charge in [-0.15, -0.1) is 0 Å². The molecule has 66 valence electrons. The van der Waals surface area contributed by atoms with Crippen LogP contribution in [-0.2, 0) is 0 Å². The van der Waals surface area contributed by atoms with Crippen LogP contribution in [-0.4, -0.2) is 31.1 Å². The first kappa shape index (κ1) is 8.58. The van der Waals surface area contributed by atoms with Gasteiger partial charge in [-0.1, -0.05) is 0 Å². The molecule has 12 heavy (non-hydrogen) atoms. The number of nitrogens with zero attached hydrogens (tertiary/aromatic N) is 2. The highest BCUT2D eigenvalue weighted by molar-refractivity contribution is 5.39. The number of hydrogen-bond acceptors (Lipinski definition) is 4. The van der Waals surface area contributed by atoms with E-state index in [9.17, 15) is 4.79 Å². The van der Waals surface area contributed by atoms with E-state index < -0.39 is 0 Å². The monoisotopic (exact) mass is 168 g/mol. The van der Waals surface area contributed by atoms with Gasteiger partial charge in [-0.05, 0) is 0 Å². The minimum Gasteiger partial charge on any atom is -0.373 e. The molecule has 0 spiro atoms. The van der Waals surface area contributed by atoms with Crippen molar-refractivity contribution in [2.45, 2.75) is 0 Å². The summed E-state index contributed by atoms with van der Waals surface area (Å²) in [6.45, 7) is 0. The van der Waals surface area contributed by atoms with E-state index in [0.29, 0.717) is 11.8 Å². The number of rotatable bonds is 2. The van der Waals surface area contributed by atoms with E-state index in [1.54, 1.807) is 11.9 Å². The molecule has 0 fully saturated rings. The van der Waals surface area contributed by atoms with Crippen molar-refractivity contribution in [1.29, 1.82) is 0 Å². The molecule has 1 aromatic heterocycles. The number of aromatic amines is 1. The van der Waals surface area contributed by atoms with Crippen molar-refractivity contribution in [2.75, 3.05) is 31.4 Å². The Balaban J connectivity index is 3.15. The van der Waals surface area contributed by atoms with Gasteiger partial charge in [-0.2, -0.15) is 4.98 Å². The molecule has 1 heterocycles. The van der Waals surface area contributed by atoms with Gasteiger partial charge in [0.05, 0.1) is 0 Å². The third kappa shape index (κ3) is 1.75. The Morgan fingerprint density at radius 2 is 2.25 bits per heavy atom. The molecule has 2 N–H and O–H groups in total. The number of aromatic nitrogens is 2. The average Bonchev–Trinajstić information content (AvgIpc) is 2.03. The van der Waals surface area contributed by atoms with E-state index in [4.69, 9.17) is 0 Å². The molecule has 0 radical (unpaired) electrons. The predicted molar refractivity (Wildman–Crippen MR) is 48.7 cm³/mol. The third-order valence-corrected chi connectivity index (χ3v) is 1.41. The van der Waals surface area contributed by atoms with Crippen LogP contribution in [0.1, 0.15) is 0 Å². The maximum Gasteiger partial charge on any atom is 0.254 e. The number of hydrogen-bond donors (Lipinski definition) is 2. The van der Waals surface area contributed by atoms with Crippen LogP contribution in [0.5, 0.6) is 0 Å². The van der Waals surface area contributed by atoms with E-state index in [0.717, 1.165) is 0 Å². The quantitative estimate of drug-likeness (QED) is 0.646. The van der Waals surface area contributed by atoms with Gasteiger partial charge in [0.15, 0.2) is 0 Å². The van der Waals surface area contributed by atoms with Crippen molar-refractivity contribution in [3.63, 3.8) is 0 Å². The fourth-order valence-electron chi connectivity index (χ4n) is 0.785. The zero-order valence-electron chi connectivity index (χ0n) is 7.38. The van der Waals surface area contributed by atoms with Gasteiger partial charge in [0.25, 0.3) is 5.56 Å². The Hall–Kier alpha value is -1.52. The largest absolute Gasteiger partial charge is 0.373 e. The highest BCUT2D eigenvalue weighted by Crippen LogP contribution is 2.03. The van der Waals surface area contributed by atoms with Crippen LogP contribution in [0.2, 0.25) is 0 Å². The molecule has 0 unspecified atom stereocenters. The lowest BCUT2D eigenvalue weighted by Crippen LogP contribution is -2.18. The van der Waals surface area contributed by atoms with E-state index >= 15 is 0 Å². The highest BCUT2D eigenvalue weighted by atomic mass is 16.1. The van der Waals surface area contributed by atoms with Gasteiger partial charge in [0, 0.05) is 27.2 Å². The zero-order chi connectivity index (χ0) is 9.14. The summed E-state index contributed by atoms with van der Waals surface area (Å²) in [7, 11) is 5.36. The molecule has 0 aliphatic carbocycles. The van der Waals surface area contributed by atoms with Crippen LogP contribution in [0.4, 0.5) is 11.8 Å². The molecule has 0 aliphatic rings. The summed E-state index contributed by atoms with van der Waals surface area (Å²) in [6, 6.07) is 1.41. The molecule has 1 rings (SSSR count). The van der Waals surface area contributed by atoms with Gasteiger partial charge in [0.1, 0.15) is 5.82 Å². The van der Waals surface area contributed by atoms with E-state index in [1.165, 1.54) is 6.07 Å². The molecule has 1 aromatic rings. The Kier molecular flexibility index (Phi) is 2.32. The predicted octanol–water partition coefficient (Wildman–Crippen LogP) is -0.122. The fourth-order valence-corrected chi connectivity index (χ4v) is 0.785. The molecule has 0 bridgehead atoms. The topological polar surface area (TPSA) is 61.0 Å². The lowest BCUT2D eigenvalue weighted by molar-refractivity contribution is 0.982. The first-order valence-corrected chi connectivity index (χ1v) is 3.60. The van der Waals surface area contributed by atoms with Gasteiger partial charge in [0.2, 0.25) is 5.95 Å². The number of anilines is 2. The van der Waals surface area contributed by atoms with E-state index in [-0.39, 0.29) is 5.56 Å². The molecule has 0 aliphatic heterocycles. The second kappa shape index (κ2) is 3.25. The van der Waals surface area contributed by atoms with Crippen LogP contribution >= 0.6 is 0 Å². The standard InChI is InChI=1S/C7H12N4O/c1-8-5-4-6(12)10-7(9-5)11(2)3/h4H,1-3H3,(H2,8,9,10,12). The maximum absolute atomic E-state index is 11.0. The van der Waals surface area contributed by atoms with Crippen molar-refractivity contribution < 1.29 is 0 Å². The first-order chi connectivity index (χ1) is 5.63. The van der Waals surface area contributed by atoms with Crippen molar-refractivity contribution in [3.05, 3.63) is 16.4 Å². The van der Waals surface area contributed by atoms with Gasteiger partial charge >= 0.3 is 0 Å². The summed E-state index contributed by atoms with van der Waals surface area (Å²) in [5.74, 6) is 1.12. The molecule has 0 aromatic carbocycles. The minimum atomic E-state index is -0.155. The summed E-state index contributed by atoms with van der Waals surface area (Å²) in [4.78, 5) is 19.5. The molecule has 5 nitrogen and oxygen atoms in total. The molecule has 5 heteroatoms. The number of H-pyrrole nitrogens is 1. The SMILES string of the molecule is CNc1cc(=O)[nH]c(N(C)C)n1. The molecular formula is C7H12N4O. The van der Waals surface area contributed by atoms with Crippen molar-refractivity contribution in [1.82, 2.24) is 9.97 Å². The number of nitrogens with one attached hydrogen (secondary N) is 2. The lowest BCUT2D eigenvalue weighted by atomic mass is 10.5. The maximum atomic E-state index is 11.0. The Labute approximate surface area is 70.4 Å². The van der Waals surface area contributed by atoms with Crippen LogP contribution in [0, 0.1) is 0 Å². The van der Waals surface area contributed by atoms with Crippen molar-refractivity contribution >= 4 is 11.8 Å². The van der Waals surface area contributed by atoms with Crippen LogP contribution in [0.25, 0.3) is 0 Å². The Morgan fingerprint density at radius 1 is 1.58 bits per heavy atom. The summed E-state index contributed by atoms with van der Waals surface area (Å²) in [5.41, 5.74) is -0.155. The first-order valence-electron chi connectivity index (χ1n) is 3.60. The zero-order valence-corrected chi connectivity index (χ0v) is 7.38. The molecule has 0 saturated heterocycles. The van der Waals surface area contributed by atoms with E-state index in [2.05, 4.69) is 15.3 Å². The summed E-state index contributed by atoms with van der Waals surface area (Å²) in [6.07, 6.45) is 0. The highest BCUT2D eigenvalue weighted by Gasteiger charge is 1.99. The summed E-state index contributed by atoms with van der Waals surface area (Å²) >= 11 is 0. The summed E-state index contributed by atoms with van der Waals surface area (Å²) in [5, 5.41) is 2.81. The average molecular weight is 168 g/mol. The Bertz CT molecular complexity index is 317. The van der Waals surface area contributed by atoms with Gasteiger partial charge in [-0.25, -0.2) is 0 Å². The molecular weight excluding hydrogens is 156 g/mol. The molecule has 0 atom stereocenters. The smallest absolute Gasteiger partial charge is 0.254 e. The van der Waals surface area contributed by atoms with Gasteiger partial charge < -0.3 is 10.2 Å². The van der Waals surface area contributed by atoms with Crippen LogP contribution < -0.4 is 15.8 Å². The molecule has 0 saturated carbocycles. The Morgan fingerprint density at radius 3 is 2.75 bits per heavy atom. The summed E-state index contributed by atoms with van der Waals surface area (Å²) < 4.78 is 0.